The third-order valence-electron chi connectivity index (χ3n) is 3.29. The number of hydrogen-bond donors (Lipinski definition) is 3. The molecule has 3 N–H and O–H groups in total. The van der Waals surface area contributed by atoms with Crippen LogP contribution in [0, 0.1) is 0 Å². The second-order valence-electron chi connectivity index (χ2n) is 4.76. The lowest BCUT2D eigenvalue weighted by Crippen LogP contribution is -2.42. The molecular formula is C14H19N5O2S. The summed E-state index contributed by atoms with van der Waals surface area (Å²) < 4.78 is 0. The van der Waals surface area contributed by atoms with E-state index in [0.717, 1.165) is 4.88 Å². The molecule has 0 unspecified atom stereocenters. The van der Waals surface area contributed by atoms with Gasteiger partial charge in [-0.05, 0) is 24.4 Å². The number of nitrogens with zero attached hydrogens (tertiary/aromatic N) is 2. The molecule has 1 atom stereocenters. The van der Waals surface area contributed by atoms with E-state index in [1.165, 1.54) is 6.20 Å². The van der Waals surface area contributed by atoms with Gasteiger partial charge in [-0.15, -0.1) is 11.3 Å². The number of urea groups is 1. The first-order valence-electron chi connectivity index (χ1n) is 6.91. The molecule has 0 saturated carbocycles. The lowest BCUT2D eigenvalue weighted by Gasteiger charge is -2.24. The van der Waals surface area contributed by atoms with Gasteiger partial charge < -0.3 is 15.5 Å². The summed E-state index contributed by atoms with van der Waals surface area (Å²) in [5, 5.41) is 13.7. The molecule has 0 fully saturated rings. The number of aromatic nitrogens is 2. The Balaban J connectivity index is 1.70. The maximum Gasteiger partial charge on any atom is 0.317 e. The van der Waals surface area contributed by atoms with Gasteiger partial charge in [0, 0.05) is 31.2 Å². The second kappa shape index (κ2) is 7.60. The molecular weight excluding hydrogens is 302 g/mol. The number of amides is 3. The summed E-state index contributed by atoms with van der Waals surface area (Å²) in [6, 6.07) is 5.40. The number of carbonyl (C=O) groups is 2. The summed E-state index contributed by atoms with van der Waals surface area (Å²) in [7, 11) is 1.75. The quantitative estimate of drug-likeness (QED) is 0.706. The van der Waals surface area contributed by atoms with Crippen molar-refractivity contribution in [1.82, 2.24) is 25.7 Å². The number of H-pyrrole nitrogens is 1. The number of rotatable bonds is 6. The van der Waals surface area contributed by atoms with Crippen molar-refractivity contribution in [2.75, 3.05) is 20.1 Å². The predicted molar refractivity (Wildman–Crippen MR) is 84.8 cm³/mol. The Kier molecular flexibility index (Phi) is 5.54. The first-order valence-corrected chi connectivity index (χ1v) is 7.79. The van der Waals surface area contributed by atoms with Crippen LogP contribution in [-0.2, 0) is 0 Å². The van der Waals surface area contributed by atoms with Crippen LogP contribution in [0.2, 0.25) is 0 Å². The third kappa shape index (κ3) is 4.08. The van der Waals surface area contributed by atoms with Crippen molar-refractivity contribution in [3.63, 3.8) is 0 Å². The molecule has 2 rings (SSSR count). The molecule has 0 aliphatic heterocycles. The van der Waals surface area contributed by atoms with E-state index in [0.29, 0.717) is 18.8 Å². The minimum atomic E-state index is -0.243. The summed E-state index contributed by atoms with van der Waals surface area (Å²) in [5.41, 5.74) is 0.398. The van der Waals surface area contributed by atoms with Gasteiger partial charge in [0.1, 0.15) is 5.69 Å². The highest BCUT2D eigenvalue weighted by molar-refractivity contribution is 7.10. The minimum absolute atomic E-state index is 0.0135. The Morgan fingerprint density at radius 2 is 2.14 bits per heavy atom. The molecule has 2 aromatic heterocycles. The first-order chi connectivity index (χ1) is 10.6. The fourth-order valence-electron chi connectivity index (χ4n) is 1.84. The number of thiophene rings is 1. The fourth-order valence-corrected chi connectivity index (χ4v) is 2.67. The van der Waals surface area contributed by atoms with Crippen LogP contribution < -0.4 is 10.6 Å². The number of nitrogens with one attached hydrogen (secondary N) is 3. The molecule has 118 valence electrons. The van der Waals surface area contributed by atoms with E-state index in [2.05, 4.69) is 20.8 Å². The summed E-state index contributed by atoms with van der Waals surface area (Å²) in [5.74, 6) is -0.243. The smallest absolute Gasteiger partial charge is 0.317 e. The van der Waals surface area contributed by atoms with Gasteiger partial charge in [-0.2, -0.15) is 5.10 Å². The van der Waals surface area contributed by atoms with Crippen molar-refractivity contribution < 1.29 is 9.59 Å². The largest absolute Gasteiger partial charge is 0.349 e. The van der Waals surface area contributed by atoms with Gasteiger partial charge in [0.25, 0.3) is 5.91 Å². The maximum atomic E-state index is 12.0. The maximum absolute atomic E-state index is 12.0. The van der Waals surface area contributed by atoms with Crippen LogP contribution in [0.5, 0.6) is 0 Å². The highest BCUT2D eigenvalue weighted by Crippen LogP contribution is 2.23. The van der Waals surface area contributed by atoms with Crippen molar-refractivity contribution in [2.24, 2.45) is 0 Å². The van der Waals surface area contributed by atoms with Crippen molar-refractivity contribution in [3.8, 4) is 0 Å². The molecule has 7 nitrogen and oxygen atoms in total. The monoisotopic (exact) mass is 321 g/mol. The van der Waals surface area contributed by atoms with Crippen LogP contribution >= 0.6 is 11.3 Å². The van der Waals surface area contributed by atoms with Crippen molar-refractivity contribution in [3.05, 3.63) is 40.3 Å². The van der Waals surface area contributed by atoms with Crippen molar-refractivity contribution in [1.29, 1.82) is 0 Å². The molecule has 0 aliphatic carbocycles. The predicted octanol–water partition coefficient (Wildman–Crippen LogP) is 1.60. The lowest BCUT2D eigenvalue weighted by molar-refractivity contribution is 0.0948. The highest BCUT2D eigenvalue weighted by atomic mass is 32.1. The van der Waals surface area contributed by atoms with Crippen LogP contribution in [0.15, 0.2) is 29.8 Å². The van der Waals surface area contributed by atoms with Gasteiger partial charge in [0.05, 0.1) is 6.04 Å². The molecule has 22 heavy (non-hydrogen) atoms. The first kappa shape index (κ1) is 16.0. The van der Waals surface area contributed by atoms with E-state index in [1.54, 1.807) is 29.4 Å². The molecule has 0 aromatic carbocycles. The minimum Gasteiger partial charge on any atom is -0.349 e. The molecule has 3 amide bonds. The van der Waals surface area contributed by atoms with Crippen LogP contribution in [0.4, 0.5) is 4.79 Å². The van der Waals surface area contributed by atoms with E-state index in [1.807, 2.05) is 24.4 Å². The Hall–Kier alpha value is -2.35. The SMILES string of the molecule is C[C@H](c1cccs1)N(C)C(=O)NCCNC(=O)c1ccn[nH]1. The zero-order chi connectivity index (χ0) is 15.9. The van der Waals surface area contributed by atoms with E-state index < -0.39 is 0 Å². The van der Waals surface area contributed by atoms with E-state index in [9.17, 15) is 9.59 Å². The molecule has 0 bridgehead atoms. The van der Waals surface area contributed by atoms with E-state index in [4.69, 9.17) is 0 Å². The Morgan fingerprint density at radius 1 is 1.36 bits per heavy atom. The van der Waals surface area contributed by atoms with Gasteiger partial charge in [0.15, 0.2) is 0 Å². The third-order valence-corrected chi connectivity index (χ3v) is 4.33. The van der Waals surface area contributed by atoms with Crippen molar-refractivity contribution in [2.45, 2.75) is 13.0 Å². The van der Waals surface area contributed by atoms with Gasteiger partial charge in [-0.25, -0.2) is 4.79 Å². The van der Waals surface area contributed by atoms with E-state index in [-0.39, 0.29) is 18.0 Å². The lowest BCUT2D eigenvalue weighted by atomic mass is 10.2. The number of carbonyl (C=O) groups excluding carboxylic acids is 2. The molecule has 0 radical (unpaired) electrons. The zero-order valence-electron chi connectivity index (χ0n) is 12.5. The molecule has 0 aliphatic rings. The van der Waals surface area contributed by atoms with Crippen LogP contribution in [0.1, 0.15) is 28.3 Å². The van der Waals surface area contributed by atoms with Crippen LogP contribution in [0.3, 0.4) is 0 Å². The summed E-state index contributed by atoms with van der Waals surface area (Å²) in [6.45, 7) is 2.69. The average Bonchev–Trinajstić information content (AvgIpc) is 3.22. The number of aromatic amines is 1. The van der Waals surface area contributed by atoms with E-state index >= 15 is 0 Å². The topological polar surface area (TPSA) is 90.1 Å². The molecule has 0 saturated heterocycles. The van der Waals surface area contributed by atoms with Crippen LogP contribution in [-0.4, -0.2) is 47.2 Å². The Morgan fingerprint density at radius 3 is 2.77 bits per heavy atom. The number of hydrogen-bond acceptors (Lipinski definition) is 4. The van der Waals surface area contributed by atoms with Gasteiger partial charge in [-0.3, -0.25) is 9.89 Å². The Labute approximate surface area is 132 Å². The van der Waals surface area contributed by atoms with Crippen LogP contribution in [0.25, 0.3) is 0 Å². The van der Waals surface area contributed by atoms with Gasteiger partial charge in [0.2, 0.25) is 0 Å². The summed E-state index contributed by atoms with van der Waals surface area (Å²) in [6.07, 6.45) is 1.51. The summed E-state index contributed by atoms with van der Waals surface area (Å²) in [4.78, 5) is 26.5. The average molecular weight is 321 g/mol. The molecule has 0 spiro atoms. The zero-order valence-corrected chi connectivity index (χ0v) is 13.3. The molecule has 2 heterocycles. The van der Waals surface area contributed by atoms with Crippen molar-refractivity contribution >= 4 is 23.3 Å². The summed E-state index contributed by atoms with van der Waals surface area (Å²) >= 11 is 1.62. The highest BCUT2D eigenvalue weighted by Gasteiger charge is 2.17. The molecule has 8 heteroatoms. The standard InChI is InChI=1S/C14H19N5O2S/c1-10(12-4-3-9-22-12)19(2)14(21)16-8-7-15-13(20)11-5-6-17-18-11/h3-6,9-10H,7-8H2,1-2H3,(H,15,20)(H,16,21)(H,17,18)/t10-/m1/s1. The van der Waals surface area contributed by atoms with Gasteiger partial charge in [-0.1, -0.05) is 6.07 Å². The Bertz CT molecular complexity index is 597. The van der Waals surface area contributed by atoms with Gasteiger partial charge >= 0.3 is 6.03 Å². The molecule has 2 aromatic rings. The normalized spacial score (nSPS) is 11.7. The second-order valence-corrected chi connectivity index (χ2v) is 5.74. The fraction of sp³-hybridized carbons (Fsp3) is 0.357.